The van der Waals surface area contributed by atoms with Gasteiger partial charge >= 0.3 is 13.3 Å². The van der Waals surface area contributed by atoms with Gasteiger partial charge in [0, 0.05) is 17.6 Å². The third-order valence-corrected chi connectivity index (χ3v) is 5.51. The van der Waals surface area contributed by atoms with E-state index in [1.54, 1.807) is 0 Å². The second kappa shape index (κ2) is 5.73. The van der Waals surface area contributed by atoms with E-state index in [-0.39, 0.29) is 11.6 Å². The Labute approximate surface area is 141 Å². The van der Waals surface area contributed by atoms with Crippen LogP contribution in [0.5, 0.6) is 0 Å². The number of alkyl halides is 3. The van der Waals surface area contributed by atoms with Crippen LogP contribution in [-0.2, 0) is 15.5 Å². The molecule has 3 rings (SSSR count). The number of pyridine rings is 1. The molecule has 7 heteroatoms. The van der Waals surface area contributed by atoms with Gasteiger partial charge in [0.05, 0.1) is 22.5 Å². The topological polar surface area (TPSA) is 31.4 Å². The Morgan fingerprint density at radius 3 is 2.12 bits per heavy atom. The van der Waals surface area contributed by atoms with Crippen LogP contribution in [0.25, 0.3) is 0 Å². The minimum Gasteiger partial charge on any atom is -0.399 e. The molecule has 1 saturated carbocycles. The van der Waals surface area contributed by atoms with Gasteiger partial charge in [-0.15, -0.1) is 0 Å². The van der Waals surface area contributed by atoms with Gasteiger partial charge in [-0.25, -0.2) is 0 Å². The normalized spacial score (nSPS) is 23.9. The summed E-state index contributed by atoms with van der Waals surface area (Å²) >= 11 is 0. The molecule has 0 atom stereocenters. The Morgan fingerprint density at radius 1 is 1.08 bits per heavy atom. The number of hydrogen-bond acceptors (Lipinski definition) is 3. The molecule has 1 aromatic rings. The van der Waals surface area contributed by atoms with Crippen molar-refractivity contribution in [2.45, 2.75) is 76.7 Å². The lowest BCUT2D eigenvalue weighted by atomic mass is 9.78. The van der Waals surface area contributed by atoms with E-state index in [0.717, 1.165) is 31.7 Å². The maximum Gasteiger partial charge on any atom is 0.496 e. The number of rotatable bonds is 2. The molecule has 24 heavy (non-hydrogen) atoms. The molecule has 2 aliphatic rings. The second-order valence-corrected chi connectivity index (χ2v) is 7.77. The van der Waals surface area contributed by atoms with Crippen molar-refractivity contribution in [2.75, 3.05) is 0 Å². The van der Waals surface area contributed by atoms with Gasteiger partial charge in [-0.05, 0) is 46.6 Å². The van der Waals surface area contributed by atoms with Gasteiger partial charge in [0.2, 0.25) is 0 Å². The highest BCUT2D eigenvalue weighted by atomic mass is 19.4. The smallest absolute Gasteiger partial charge is 0.399 e. The monoisotopic (exact) mass is 341 g/mol. The van der Waals surface area contributed by atoms with E-state index in [1.165, 1.54) is 6.20 Å². The summed E-state index contributed by atoms with van der Waals surface area (Å²) in [5.41, 5.74) is -1.36. The molecule has 0 spiro atoms. The van der Waals surface area contributed by atoms with E-state index < -0.39 is 30.1 Å². The van der Waals surface area contributed by atoms with Crippen LogP contribution in [0.3, 0.4) is 0 Å². The van der Waals surface area contributed by atoms with E-state index in [1.807, 2.05) is 27.7 Å². The largest absolute Gasteiger partial charge is 0.496 e. The average Bonchev–Trinajstić information content (AvgIpc) is 3.04. The van der Waals surface area contributed by atoms with Crippen LogP contribution in [0.15, 0.2) is 12.3 Å². The number of nitrogens with zero attached hydrogens (tertiary/aromatic N) is 1. The van der Waals surface area contributed by atoms with Crippen molar-refractivity contribution in [1.82, 2.24) is 4.98 Å². The zero-order valence-electron chi connectivity index (χ0n) is 14.5. The van der Waals surface area contributed by atoms with Gasteiger partial charge in [0.1, 0.15) is 0 Å². The average molecular weight is 341 g/mol. The molecule has 2 heterocycles. The molecule has 0 radical (unpaired) electrons. The molecule has 0 bridgehead atoms. The van der Waals surface area contributed by atoms with Crippen LogP contribution in [0.2, 0.25) is 0 Å². The number of aromatic nitrogens is 1. The van der Waals surface area contributed by atoms with Crippen molar-refractivity contribution in [3.05, 3.63) is 23.5 Å². The van der Waals surface area contributed by atoms with E-state index in [0.29, 0.717) is 5.46 Å². The van der Waals surface area contributed by atoms with Gasteiger partial charge in [0.25, 0.3) is 0 Å². The molecule has 1 aliphatic heterocycles. The first-order valence-corrected chi connectivity index (χ1v) is 8.44. The summed E-state index contributed by atoms with van der Waals surface area (Å²) in [7, 11) is -0.832. The summed E-state index contributed by atoms with van der Waals surface area (Å²) in [6.45, 7) is 7.49. The van der Waals surface area contributed by atoms with E-state index in [9.17, 15) is 13.2 Å². The summed E-state index contributed by atoms with van der Waals surface area (Å²) in [6.07, 6.45) is 0.513. The van der Waals surface area contributed by atoms with Crippen molar-refractivity contribution in [3.63, 3.8) is 0 Å². The standard InChI is InChI=1S/C17H23BF3NO2/c1-15(2)16(3,4)24-18(23-15)12-9-13(17(19,20)21)14(22-10-12)11-7-5-6-8-11/h9-11H,5-8H2,1-4H3. The van der Waals surface area contributed by atoms with Gasteiger partial charge < -0.3 is 9.31 Å². The second-order valence-electron chi connectivity index (χ2n) is 7.77. The highest BCUT2D eigenvalue weighted by Crippen LogP contribution is 2.41. The number of hydrogen-bond donors (Lipinski definition) is 0. The highest BCUT2D eigenvalue weighted by molar-refractivity contribution is 6.62. The molecule has 0 aromatic carbocycles. The Bertz CT molecular complexity index is 609. The Morgan fingerprint density at radius 2 is 1.62 bits per heavy atom. The molecule has 0 amide bonds. The van der Waals surface area contributed by atoms with Crippen LogP contribution in [-0.4, -0.2) is 23.3 Å². The predicted octanol–water partition coefficient (Wildman–Crippen LogP) is 4.06. The molecule has 0 unspecified atom stereocenters. The maximum absolute atomic E-state index is 13.6. The summed E-state index contributed by atoms with van der Waals surface area (Å²) in [6, 6.07) is 1.16. The third-order valence-electron chi connectivity index (χ3n) is 5.51. The van der Waals surface area contributed by atoms with Crippen molar-refractivity contribution in [3.8, 4) is 0 Å². The van der Waals surface area contributed by atoms with E-state index in [2.05, 4.69) is 4.98 Å². The molecule has 1 aromatic heterocycles. The third kappa shape index (κ3) is 3.08. The minimum absolute atomic E-state index is 0.103. The lowest BCUT2D eigenvalue weighted by molar-refractivity contribution is -0.138. The fourth-order valence-corrected chi connectivity index (χ4v) is 3.35. The zero-order valence-corrected chi connectivity index (χ0v) is 14.5. The quantitative estimate of drug-likeness (QED) is 0.761. The van der Waals surface area contributed by atoms with Crippen LogP contribution < -0.4 is 5.46 Å². The zero-order chi connectivity index (χ0) is 17.8. The lowest BCUT2D eigenvalue weighted by Crippen LogP contribution is -2.41. The summed E-state index contributed by atoms with van der Waals surface area (Å²) < 4.78 is 52.4. The Hall–Kier alpha value is -1.08. The highest BCUT2D eigenvalue weighted by Gasteiger charge is 2.52. The van der Waals surface area contributed by atoms with Gasteiger partial charge in [-0.3, -0.25) is 4.98 Å². The van der Waals surface area contributed by atoms with Crippen molar-refractivity contribution < 1.29 is 22.5 Å². The van der Waals surface area contributed by atoms with Crippen molar-refractivity contribution >= 4 is 12.6 Å². The predicted molar refractivity (Wildman–Crippen MR) is 86.2 cm³/mol. The maximum atomic E-state index is 13.6. The molecular weight excluding hydrogens is 318 g/mol. The van der Waals surface area contributed by atoms with Gasteiger partial charge in [-0.1, -0.05) is 12.8 Å². The summed E-state index contributed by atoms with van der Waals surface area (Å²) in [4.78, 5) is 4.19. The van der Waals surface area contributed by atoms with Crippen molar-refractivity contribution in [1.29, 1.82) is 0 Å². The van der Waals surface area contributed by atoms with E-state index >= 15 is 0 Å². The summed E-state index contributed by atoms with van der Waals surface area (Å²) in [5, 5.41) is 0. The SMILES string of the molecule is CC1(C)OB(c2cnc(C3CCCC3)c(C(F)(F)F)c2)OC1(C)C. The fraction of sp³-hybridized carbons (Fsp3) is 0.706. The molecule has 132 valence electrons. The Balaban J connectivity index is 1.97. The van der Waals surface area contributed by atoms with Crippen LogP contribution >= 0.6 is 0 Å². The van der Waals surface area contributed by atoms with Crippen molar-refractivity contribution in [2.24, 2.45) is 0 Å². The van der Waals surface area contributed by atoms with Gasteiger partial charge in [0.15, 0.2) is 0 Å². The Kier molecular flexibility index (Phi) is 4.24. The molecule has 1 saturated heterocycles. The first-order chi connectivity index (χ1) is 11.0. The molecule has 0 N–H and O–H groups in total. The summed E-state index contributed by atoms with van der Waals surface area (Å²) in [5.74, 6) is -0.103. The molecule has 3 nitrogen and oxygen atoms in total. The first-order valence-electron chi connectivity index (χ1n) is 8.44. The van der Waals surface area contributed by atoms with E-state index in [4.69, 9.17) is 9.31 Å². The van der Waals surface area contributed by atoms with Crippen LogP contribution in [0.1, 0.15) is 70.6 Å². The molecular formula is C17H23BF3NO2. The van der Waals surface area contributed by atoms with Crippen LogP contribution in [0, 0.1) is 0 Å². The number of halogens is 3. The lowest BCUT2D eigenvalue weighted by Gasteiger charge is -2.32. The minimum atomic E-state index is -4.43. The molecule has 1 aliphatic carbocycles. The first kappa shape index (κ1) is 17.7. The molecule has 2 fully saturated rings. The van der Waals surface area contributed by atoms with Crippen LogP contribution in [0.4, 0.5) is 13.2 Å². The fourth-order valence-electron chi connectivity index (χ4n) is 3.35. The van der Waals surface area contributed by atoms with Gasteiger partial charge in [-0.2, -0.15) is 13.2 Å².